The molecular weight excluding hydrogens is 535 g/mol. The SMILES string of the molecule is [Cl][Ni].c1ccc(C[c-]2ccc3ccccc32)nc1.c1ccc([PH+](c2ccccc2)c2ccccc2)cc1. The van der Waals surface area contributed by atoms with Gasteiger partial charge in [0.05, 0.1) is 7.92 Å². The van der Waals surface area contributed by atoms with Crippen molar-refractivity contribution in [3.8, 4) is 0 Å². The van der Waals surface area contributed by atoms with Crippen molar-refractivity contribution in [1.29, 1.82) is 0 Å². The van der Waals surface area contributed by atoms with E-state index in [1.165, 1.54) is 32.2 Å². The van der Waals surface area contributed by atoms with Gasteiger partial charge in [0.1, 0.15) is 15.9 Å². The van der Waals surface area contributed by atoms with Crippen LogP contribution >= 0.6 is 18.1 Å². The Bertz CT molecular complexity index is 1360. The molecule has 5 aromatic carbocycles. The number of nitrogens with zero attached hydrogens (tertiary/aromatic N) is 1. The fraction of sp³-hybridized carbons (Fsp3) is 0.0303. The summed E-state index contributed by atoms with van der Waals surface area (Å²) >= 11 is 3.35. The van der Waals surface area contributed by atoms with E-state index in [-0.39, 0.29) is 0 Å². The Morgan fingerprint density at radius 2 is 1.05 bits per heavy atom. The van der Waals surface area contributed by atoms with Crippen LogP contribution < -0.4 is 15.9 Å². The summed E-state index contributed by atoms with van der Waals surface area (Å²) in [6, 6.07) is 51.4. The van der Waals surface area contributed by atoms with E-state index in [0.29, 0.717) is 0 Å². The number of benzene rings is 4. The van der Waals surface area contributed by atoms with E-state index in [4.69, 9.17) is 0 Å². The van der Waals surface area contributed by atoms with Crippen molar-refractivity contribution in [3.05, 3.63) is 163 Å². The van der Waals surface area contributed by atoms with Gasteiger partial charge in [0.2, 0.25) is 0 Å². The summed E-state index contributed by atoms with van der Waals surface area (Å²) in [6.07, 6.45) is 2.76. The zero-order chi connectivity index (χ0) is 25.7. The fourth-order valence-corrected chi connectivity index (χ4v) is 6.96. The van der Waals surface area contributed by atoms with E-state index in [0.717, 1.165) is 12.1 Å². The molecule has 1 nitrogen and oxygen atoms in total. The molecule has 1 heterocycles. The summed E-state index contributed by atoms with van der Waals surface area (Å²) in [4.78, 5) is 4.36. The number of halogens is 1. The maximum Gasteiger partial charge on any atom is 0.102 e. The molecule has 0 spiro atoms. The molecule has 1 aromatic heterocycles. The van der Waals surface area contributed by atoms with Crippen molar-refractivity contribution in [2.45, 2.75) is 6.42 Å². The van der Waals surface area contributed by atoms with Crippen molar-refractivity contribution in [2.24, 2.45) is 0 Å². The van der Waals surface area contributed by atoms with E-state index in [2.05, 4.69) is 163 Å². The molecule has 0 aliphatic rings. The predicted molar refractivity (Wildman–Crippen MR) is 159 cm³/mol. The van der Waals surface area contributed by atoms with Crippen LogP contribution in [0.1, 0.15) is 11.3 Å². The maximum atomic E-state index is 4.36. The van der Waals surface area contributed by atoms with Gasteiger partial charge in [-0.1, -0.05) is 66.7 Å². The van der Waals surface area contributed by atoms with E-state index < -0.39 is 7.92 Å². The molecular formula is C33H28ClNNiP. The summed E-state index contributed by atoms with van der Waals surface area (Å²) in [6.45, 7) is 0. The van der Waals surface area contributed by atoms with Gasteiger partial charge in [0, 0.05) is 11.9 Å². The van der Waals surface area contributed by atoms with Crippen LogP contribution in [-0.4, -0.2) is 4.98 Å². The quantitative estimate of drug-likeness (QED) is 0.121. The summed E-state index contributed by atoms with van der Waals surface area (Å²) in [5, 5.41) is 6.96. The average Bonchev–Trinajstić information content (AvgIpc) is 3.40. The molecule has 0 unspecified atom stereocenters. The third-order valence-electron chi connectivity index (χ3n) is 6.06. The average molecular weight is 564 g/mol. The summed E-state index contributed by atoms with van der Waals surface area (Å²) < 4.78 is 0. The minimum atomic E-state index is -0.877. The standard InChI is InChI=1S/C18H15P.C15H12N.ClH.Ni/c1-4-10-16(11-5-1)19(17-12-6-2-7-13-17)18-14-8-3-9-15-18;1-2-7-15-12(5-1)8-9-13(15)11-14-6-3-4-10-16-14;;/h1-15H;1-10H,11H2;1H;/q;-1;;+1. The van der Waals surface area contributed by atoms with Crippen molar-refractivity contribution < 1.29 is 14.6 Å². The van der Waals surface area contributed by atoms with Crippen LogP contribution in [0.25, 0.3) is 10.8 Å². The van der Waals surface area contributed by atoms with Crippen LogP contribution in [0, 0.1) is 0 Å². The summed E-state index contributed by atoms with van der Waals surface area (Å²) in [5.41, 5.74) is 2.48. The molecule has 0 bridgehead atoms. The first-order valence-electron chi connectivity index (χ1n) is 12.1. The zero-order valence-corrected chi connectivity index (χ0v) is 23.0. The Kier molecular flexibility index (Phi) is 10.6. The van der Waals surface area contributed by atoms with Crippen LogP contribution in [0.2, 0.25) is 0 Å². The molecule has 6 aromatic rings. The van der Waals surface area contributed by atoms with Gasteiger partial charge in [-0.2, -0.15) is 6.07 Å². The number of rotatable bonds is 5. The van der Waals surface area contributed by atoms with Gasteiger partial charge in [0.15, 0.2) is 0 Å². The Morgan fingerprint density at radius 3 is 1.57 bits per heavy atom. The minimum Gasteiger partial charge on any atom is -0.262 e. The number of pyridine rings is 1. The molecule has 6 rings (SSSR count). The topological polar surface area (TPSA) is 12.9 Å². The number of aromatic nitrogens is 1. The van der Waals surface area contributed by atoms with Gasteiger partial charge < -0.3 is 0 Å². The van der Waals surface area contributed by atoms with E-state index in [1.54, 1.807) is 0 Å². The van der Waals surface area contributed by atoms with Gasteiger partial charge in [0.25, 0.3) is 0 Å². The predicted octanol–water partition coefficient (Wildman–Crippen LogP) is 7.41. The smallest absolute Gasteiger partial charge is 0.102 e. The largest absolute Gasteiger partial charge is 0.262 e. The van der Waals surface area contributed by atoms with Crippen LogP contribution in [-0.2, 0) is 21.0 Å². The molecule has 187 valence electrons. The molecule has 0 atom stereocenters. The van der Waals surface area contributed by atoms with E-state index in [1.807, 2.05) is 18.3 Å². The molecule has 37 heavy (non-hydrogen) atoms. The second-order valence-corrected chi connectivity index (χ2v) is 10.9. The Morgan fingerprint density at radius 1 is 0.568 bits per heavy atom. The van der Waals surface area contributed by atoms with Crippen LogP contribution in [0.5, 0.6) is 0 Å². The second kappa shape index (κ2) is 14.6. The molecule has 0 radical (unpaired) electrons. The van der Waals surface area contributed by atoms with Gasteiger partial charge in [-0.15, -0.1) is 40.6 Å². The van der Waals surface area contributed by atoms with Gasteiger partial charge in [-0.25, -0.2) is 0 Å². The third kappa shape index (κ3) is 7.44. The number of fused-ring (bicyclic) bond motifs is 1. The summed E-state index contributed by atoms with van der Waals surface area (Å²) in [7, 11) is 3.39. The molecule has 0 N–H and O–H groups in total. The third-order valence-corrected chi connectivity index (χ3v) is 8.79. The summed E-state index contributed by atoms with van der Waals surface area (Å²) in [5.74, 6) is 0. The number of hydrogen-bond acceptors (Lipinski definition) is 1. The molecule has 0 saturated heterocycles. The van der Waals surface area contributed by atoms with E-state index >= 15 is 0 Å². The maximum absolute atomic E-state index is 4.36. The van der Waals surface area contributed by atoms with Crippen molar-refractivity contribution in [3.63, 3.8) is 0 Å². The Hall–Kier alpha value is -3.15. The van der Waals surface area contributed by atoms with Crippen molar-refractivity contribution in [2.75, 3.05) is 0 Å². The molecule has 0 saturated carbocycles. The Balaban J connectivity index is 0.000000164. The van der Waals surface area contributed by atoms with Gasteiger partial charge in [-0.05, 0) is 55.0 Å². The van der Waals surface area contributed by atoms with Crippen LogP contribution in [0.15, 0.2) is 152 Å². The van der Waals surface area contributed by atoms with E-state index in [9.17, 15) is 0 Å². The first-order chi connectivity index (χ1) is 18.4. The minimum absolute atomic E-state index is 0.877. The Labute approximate surface area is 232 Å². The normalized spacial score (nSPS) is 10.3. The van der Waals surface area contributed by atoms with Crippen LogP contribution in [0.3, 0.4) is 0 Å². The molecule has 4 heteroatoms. The number of hydrogen-bond donors (Lipinski definition) is 0. The monoisotopic (exact) mass is 562 g/mol. The fourth-order valence-electron chi connectivity index (χ4n) is 4.38. The molecule has 0 aliphatic carbocycles. The molecule has 0 fully saturated rings. The van der Waals surface area contributed by atoms with Crippen molar-refractivity contribution in [1.82, 2.24) is 4.98 Å². The first kappa shape index (κ1) is 26.9. The van der Waals surface area contributed by atoms with Gasteiger partial charge in [-0.3, -0.25) is 4.98 Å². The first-order valence-corrected chi connectivity index (χ1v) is 14.9. The van der Waals surface area contributed by atoms with Crippen LogP contribution in [0.4, 0.5) is 0 Å². The van der Waals surface area contributed by atoms with Gasteiger partial charge >= 0.3 is 24.8 Å². The molecule has 0 amide bonds. The molecule has 0 aliphatic heterocycles. The zero-order valence-electron chi connectivity index (χ0n) is 20.3. The van der Waals surface area contributed by atoms with Crippen molar-refractivity contribution >= 4 is 44.8 Å². The second-order valence-electron chi connectivity index (χ2n) is 8.42.